The first-order valence-corrected chi connectivity index (χ1v) is 9.81. The molecule has 0 spiro atoms. The minimum Gasteiger partial charge on any atom is -0.483 e. The number of benzene rings is 2. The Bertz CT molecular complexity index is 725. The zero-order chi connectivity index (χ0) is 19.1. The molecule has 0 bridgehead atoms. The minimum absolute atomic E-state index is 0.0303. The molecule has 140 valence electrons. The summed E-state index contributed by atoms with van der Waals surface area (Å²) in [6, 6.07) is 13.8. The lowest BCUT2D eigenvalue weighted by molar-refractivity contribution is -0.118. The Kier molecular flexibility index (Phi) is 7.51. The maximum absolute atomic E-state index is 12.1. The van der Waals surface area contributed by atoms with E-state index in [0.29, 0.717) is 11.7 Å². The highest BCUT2D eigenvalue weighted by Crippen LogP contribution is 2.29. The van der Waals surface area contributed by atoms with E-state index >= 15 is 0 Å². The number of carbonyl (C=O) groups is 1. The van der Waals surface area contributed by atoms with Crippen molar-refractivity contribution in [1.82, 2.24) is 0 Å². The van der Waals surface area contributed by atoms with Gasteiger partial charge in [-0.3, -0.25) is 4.79 Å². The molecule has 0 atom stereocenters. The summed E-state index contributed by atoms with van der Waals surface area (Å²) in [6.45, 7) is 10.4. The first-order chi connectivity index (χ1) is 12.4. The molecule has 2 rings (SSSR count). The van der Waals surface area contributed by atoms with Crippen molar-refractivity contribution in [2.24, 2.45) is 0 Å². The van der Waals surface area contributed by atoms with Gasteiger partial charge in [0.15, 0.2) is 6.61 Å². The van der Waals surface area contributed by atoms with Gasteiger partial charge in [0, 0.05) is 24.5 Å². The van der Waals surface area contributed by atoms with Gasteiger partial charge < -0.3 is 15.0 Å². The average Bonchev–Trinajstić information content (AvgIpc) is 2.63. The molecule has 4 nitrogen and oxygen atoms in total. The SMILES string of the molecule is CCN(CC)c1ccc(NC(=O)COc2ccc(C(C)C)cc2Br)cc1. The third-order valence-corrected chi connectivity index (χ3v) is 4.88. The lowest BCUT2D eigenvalue weighted by atomic mass is 10.0. The molecule has 1 amide bonds. The molecule has 0 fully saturated rings. The smallest absolute Gasteiger partial charge is 0.262 e. The lowest BCUT2D eigenvalue weighted by Crippen LogP contribution is -2.22. The Morgan fingerprint density at radius 2 is 1.77 bits per heavy atom. The van der Waals surface area contributed by atoms with Crippen molar-refractivity contribution >= 4 is 33.2 Å². The molecular formula is C21H27BrN2O2. The molecule has 0 saturated carbocycles. The average molecular weight is 419 g/mol. The van der Waals surface area contributed by atoms with Gasteiger partial charge in [-0.25, -0.2) is 0 Å². The molecule has 0 saturated heterocycles. The number of hydrogen-bond donors (Lipinski definition) is 1. The number of halogens is 1. The monoisotopic (exact) mass is 418 g/mol. The van der Waals surface area contributed by atoms with Crippen LogP contribution in [0.4, 0.5) is 11.4 Å². The van der Waals surface area contributed by atoms with E-state index < -0.39 is 0 Å². The van der Waals surface area contributed by atoms with E-state index in [0.717, 1.165) is 28.9 Å². The summed E-state index contributed by atoms with van der Waals surface area (Å²) in [5, 5.41) is 2.87. The highest BCUT2D eigenvalue weighted by Gasteiger charge is 2.09. The Morgan fingerprint density at radius 3 is 2.31 bits per heavy atom. The van der Waals surface area contributed by atoms with Gasteiger partial charge in [0.05, 0.1) is 4.47 Å². The van der Waals surface area contributed by atoms with Crippen LogP contribution in [-0.2, 0) is 4.79 Å². The van der Waals surface area contributed by atoms with Gasteiger partial charge in [0.1, 0.15) is 5.75 Å². The van der Waals surface area contributed by atoms with Crippen molar-refractivity contribution in [3.05, 3.63) is 52.5 Å². The number of carbonyl (C=O) groups excluding carboxylic acids is 1. The van der Waals surface area contributed by atoms with E-state index in [1.165, 1.54) is 5.56 Å². The van der Waals surface area contributed by atoms with E-state index in [1.807, 2.05) is 42.5 Å². The maximum Gasteiger partial charge on any atom is 0.262 e. The summed E-state index contributed by atoms with van der Waals surface area (Å²) in [5.74, 6) is 0.935. The van der Waals surface area contributed by atoms with Gasteiger partial charge >= 0.3 is 0 Å². The van der Waals surface area contributed by atoms with Crippen molar-refractivity contribution < 1.29 is 9.53 Å². The summed E-state index contributed by atoms with van der Waals surface area (Å²) in [6.07, 6.45) is 0. The van der Waals surface area contributed by atoms with Crippen LogP contribution in [0, 0.1) is 0 Å². The molecule has 1 N–H and O–H groups in total. The highest BCUT2D eigenvalue weighted by atomic mass is 79.9. The fourth-order valence-electron chi connectivity index (χ4n) is 2.68. The molecular weight excluding hydrogens is 392 g/mol. The van der Waals surface area contributed by atoms with Crippen LogP contribution in [0.2, 0.25) is 0 Å². The van der Waals surface area contributed by atoms with Crippen LogP contribution in [0.15, 0.2) is 46.9 Å². The van der Waals surface area contributed by atoms with Gasteiger partial charge in [-0.15, -0.1) is 0 Å². The summed E-state index contributed by atoms with van der Waals surface area (Å²) < 4.78 is 6.50. The minimum atomic E-state index is -0.180. The Hall–Kier alpha value is -2.01. The number of rotatable bonds is 8. The van der Waals surface area contributed by atoms with Crippen LogP contribution in [0.1, 0.15) is 39.2 Å². The van der Waals surface area contributed by atoms with Crippen molar-refractivity contribution in [3.63, 3.8) is 0 Å². The van der Waals surface area contributed by atoms with E-state index in [-0.39, 0.29) is 12.5 Å². The molecule has 5 heteroatoms. The molecule has 26 heavy (non-hydrogen) atoms. The van der Waals surface area contributed by atoms with Crippen molar-refractivity contribution in [2.45, 2.75) is 33.6 Å². The fraction of sp³-hybridized carbons (Fsp3) is 0.381. The van der Waals surface area contributed by atoms with E-state index in [9.17, 15) is 4.79 Å². The topological polar surface area (TPSA) is 41.6 Å². The number of nitrogens with one attached hydrogen (secondary N) is 1. The van der Waals surface area contributed by atoms with E-state index in [1.54, 1.807) is 0 Å². The summed E-state index contributed by atoms with van der Waals surface area (Å²) in [5.41, 5.74) is 3.14. The third-order valence-electron chi connectivity index (χ3n) is 4.26. The number of amides is 1. The first kappa shape index (κ1) is 20.3. The van der Waals surface area contributed by atoms with E-state index in [2.05, 4.69) is 53.8 Å². The van der Waals surface area contributed by atoms with Crippen molar-refractivity contribution in [1.29, 1.82) is 0 Å². The molecule has 0 aliphatic carbocycles. The third kappa shape index (κ3) is 5.49. The molecule has 0 heterocycles. The first-order valence-electron chi connectivity index (χ1n) is 9.01. The second-order valence-electron chi connectivity index (χ2n) is 6.40. The zero-order valence-corrected chi connectivity index (χ0v) is 17.5. The zero-order valence-electron chi connectivity index (χ0n) is 15.9. The molecule has 0 aliphatic heterocycles. The Balaban J connectivity index is 1.91. The highest BCUT2D eigenvalue weighted by molar-refractivity contribution is 9.10. The van der Waals surface area contributed by atoms with Crippen LogP contribution in [0.3, 0.4) is 0 Å². The second kappa shape index (κ2) is 9.62. The van der Waals surface area contributed by atoms with E-state index in [4.69, 9.17) is 4.74 Å². The van der Waals surface area contributed by atoms with Gasteiger partial charge in [0.25, 0.3) is 5.91 Å². The van der Waals surface area contributed by atoms with Crippen molar-refractivity contribution in [3.8, 4) is 5.75 Å². The second-order valence-corrected chi connectivity index (χ2v) is 7.25. The summed E-state index contributed by atoms with van der Waals surface area (Å²) in [4.78, 5) is 14.4. The van der Waals surface area contributed by atoms with Gasteiger partial charge in [-0.1, -0.05) is 19.9 Å². The van der Waals surface area contributed by atoms with Crippen LogP contribution >= 0.6 is 15.9 Å². The molecule has 2 aromatic rings. The van der Waals surface area contributed by atoms with Crippen molar-refractivity contribution in [2.75, 3.05) is 29.9 Å². The number of ether oxygens (including phenoxy) is 1. The van der Waals surface area contributed by atoms with Crippen LogP contribution in [0.5, 0.6) is 5.75 Å². The molecule has 0 aliphatic rings. The standard InChI is InChI=1S/C21H27BrN2O2/c1-5-24(6-2)18-10-8-17(9-11-18)23-21(25)14-26-20-12-7-16(15(3)4)13-19(20)22/h7-13,15H,5-6,14H2,1-4H3,(H,23,25). The normalized spacial score (nSPS) is 10.7. The molecule has 0 aromatic heterocycles. The Labute approximate surface area is 164 Å². The molecule has 0 unspecified atom stereocenters. The van der Waals surface area contributed by atoms with Gasteiger partial charge in [-0.05, 0) is 77.7 Å². The van der Waals surface area contributed by atoms with Gasteiger partial charge in [-0.2, -0.15) is 0 Å². The number of anilines is 2. The predicted octanol–water partition coefficient (Wildman–Crippen LogP) is 5.44. The molecule has 2 aromatic carbocycles. The van der Waals surface area contributed by atoms with Crippen LogP contribution in [-0.4, -0.2) is 25.6 Å². The number of nitrogens with zero attached hydrogens (tertiary/aromatic N) is 1. The number of hydrogen-bond acceptors (Lipinski definition) is 3. The Morgan fingerprint density at radius 1 is 1.12 bits per heavy atom. The van der Waals surface area contributed by atoms with Gasteiger partial charge in [0.2, 0.25) is 0 Å². The summed E-state index contributed by atoms with van der Waals surface area (Å²) >= 11 is 3.51. The summed E-state index contributed by atoms with van der Waals surface area (Å²) in [7, 11) is 0. The van der Waals surface area contributed by atoms with Crippen LogP contribution in [0.25, 0.3) is 0 Å². The molecule has 0 radical (unpaired) electrons. The fourth-order valence-corrected chi connectivity index (χ4v) is 3.19. The van der Waals surface area contributed by atoms with Crippen LogP contribution < -0.4 is 15.0 Å². The largest absolute Gasteiger partial charge is 0.483 e. The quantitative estimate of drug-likeness (QED) is 0.620. The lowest BCUT2D eigenvalue weighted by Gasteiger charge is -2.21. The maximum atomic E-state index is 12.1. The predicted molar refractivity (Wildman–Crippen MR) is 112 cm³/mol.